The van der Waals surface area contributed by atoms with Gasteiger partial charge < -0.3 is 5.73 Å². The standard InChI is InChI=1S/C15H10F3N5/c16-15(17,18)12-4-3-10(7-21-12)13-14(19)22-8-11(23-13)9-2-1-5-20-6-9/h1-8H,(H2,19,22). The molecule has 0 amide bonds. The lowest BCUT2D eigenvalue weighted by Crippen LogP contribution is -2.07. The SMILES string of the molecule is Nc1ncc(-c2cccnc2)nc1-c1ccc(C(F)(F)F)nc1. The first-order chi connectivity index (χ1) is 10.9. The van der Waals surface area contributed by atoms with Crippen molar-refractivity contribution in [3.63, 3.8) is 0 Å². The fraction of sp³-hybridized carbons (Fsp3) is 0.0667. The molecular weight excluding hydrogens is 307 g/mol. The normalized spacial score (nSPS) is 11.4. The monoisotopic (exact) mass is 317 g/mol. The average Bonchev–Trinajstić information content (AvgIpc) is 2.55. The van der Waals surface area contributed by atoms with E-state index in [1.807, 2.05) is 0 Å². The molecule has 0 aromatic carbocycles. The Labute approximate surface area is 129 Å². The molecule has 0 radical (unpaired) electrons. The van der Waals surface area contributed by atoms with Crippen molar-refractivity contribution in [3.8, 4) is 22.5 Å². The summed E-state index contributed by atoms with van der Waals surface area (Å²) < 4.78 is 37.7. The highest BCUT2D eigenvalue weighted by Gasteiger charge is 2.32. The lowest BCUT2D eigenvalue weighted by Gasteiger charge is -2.09. The third kappa shape index (κ3) is 3.10. The van der Waals surface area contributed by atoms with Gasteiger partial charge in [0.05, 0.1) is 11.9 Å². The number of pyridine rings is 2. The quantitative estimate of drug-likeness (QED) is 0.785. The van der Waals surface area contributed by atoms with E-state index in [1.165, 1.54) is 12.3 Å². The summed E-state index contributed by atoms with van der Waals surface area (Å²) in [7, 11) is 0. The van der Waals surface area contributed by atoms with E-state index < -0.39 is 11.9 Å². The molecule has 3 aromatic rings. The Balaban J connectivity index is 2.03. The van der Waals surface area contributed by atoms with E-state index in [-0.39, 0.29) is 11.5 Å². The Morgan fingerprint density at radius 1 is 0.913 bits per heavy atom. The van der Waals surface area contributed by atoms with E-state index in [2.05, 4.69) is 19.9 Å². The molecule has 0 fully saturated rings. The van der Waals surface area contributed by atoms with Gasteiger partial charge in [-0.15, -0.1) is 0 Å². The molecule has 0 saturated carbocycles. The number of anilines is 1. The molecule has 8 heteroatoms. The topological polar surface area (TPSA) is 77.6 Å². The van der Waals surface area contributed by atoms with Crippen LogP contribution in [0.25, 0.3) is 22.5 Å². The number of alkyl halides is 3. The fourth-order valence-electron chi connectivity index (χ4n) is 1.97. The van der Waals surface area contributed by atoms with E-state index in [0.29, 0.717) is 11.3 Å². The smallest absolute Gasteiger partial charge is 0.382 e. The van der Waals surface area contributed by atoms with Gasteiger partial charge in [-0.3, -0.25) is 9.97 Å². The lowest BCUT2D eigenvalue weighted by molar-refractivity contribution is -0.141. The van der Waals surface area contributed by atoms with Crippen LogP contribution in [0.4, 0.5) is 19.0 Å². The lowest BCUT2D eigenvalue weighted by atomic mass is 10.1. The van der Waals surface area contributed by atoms with E-state index in [1.54, 1.807) is 24.5 Å². The van der Waals surface area contributed by atoms with Gasteiger partial charge in [-0.25, -0.2) is 9.97 Å². The summed E-state index contributed by atoms with van der Waals surface area (Å²) in [6.07, 6.45) is 1.29. The molecular formula is C15H10F3N5. The zero-order chi connectivity index (χ0) is 16.4. The second-order valence-electron chi connectivity index (χ2n) is 4.66. The molecule has 3 heterocycles. The van der Waals surface area contributed by atoms with Crippen LogP contribution in [-0.2, 0) is 6.18 Å². The van der Waals surface area contributed by atoms with Crippen molar-refractivity contribution in [2.45, 2.75) is 6.18 Å². The minimum absolute atomic E-state index is 0.110. The Morgan fingerprint density at radius 3 is 2.35 bits per heavy atom. The molecule has 0 unspecified atom stereocenters. The largest absolute Gasteiger partial charge is 0.433 e. The van der Waals surface area contributed by atoms with Crippen LogP contribution in [-0.4, -0.2) is 19.9 Å². The first-order valence-corrected chi connectivity index (χ1v) is 6.51. The van der Waals surface area contributed by atoms with Gasteiger partial charge in [0.1, 0.15) is 17.2 Å². The number of hydrogen-bond donors (Lipinski definition) is 1. The van der Waals surface area contributed by atoms with Crippen molar-refractivity contribution in [1.29, 1.82) is 0 Å². The molecule has 5 nitrogen and oxygen atoms in total. The Kier molecular flexibility index (Phi) is 3.65. The van der Waals surface area contributed by atoms with Crippen molar-refractivity contribution in [3.05, 3.63) is 54.7 Å². The van der Waals surface area contributed by atoms with Crippen LogP contribution in [0.3, 0.4) is 0 Å². The summed E-state index contributed by atoms with van der Waals surface area (Å²) >= 11 is 0. The van der Waals surface area contributed by atoms with Crippen LogP contribution in [0.5, 0.6) is 0 Å². The summed E-state index contributed by atoms with van der Waals surface area (Å²) in [4.78, 5) is 15.8. The molecule has 0 aliphatic carbocycles. The van der Waals surface area contributed by atoms with Crippen LogP contribution < -0.4 is 5.73 Å². The van der Waals surface area contributed by atoms with Crippen molar-refractivity contribution >= 4 is 5.82 Å². The fourth-order valence-corrected chi connectivity index (χ4v) is 1.97. The highest BCUT2D eigenvalue weighted by molar-refractivity contribution is 5.72. The third-order valence-electron chi connectivity index (χ3n) is 3.09. The predicted molar refractivity (Wildman–Crippen MR) is 77.9 cm³/mol. The van der Waals surface area contributed by atoms with Crippen molar-refractivity contribution in [1.82, 2.24) is 19.9 Å². The number of nitrogens with zero attached hydrogens (tertiary/aromatic N) is 4. The van der Waals surface area contributed by atoms with E-state index in [4.69, 9.17) is 5.73 Å². The number of halogens is 3. The summed E-state index contributed by atoms with van der Waals surface area (Å²) in [5, 5.41) is 0. The maximum atomic E-state index is 12.6. The third-order valence-corrected chi connectivity index (χ3v) is 3.09. The summed E-state index contributed by atoms with van der Waals surface area (Å²) in [6, 6.07) is 5.69. The molecule has 2 N–H and O–H groups in total. The van der Waals surface area contributed by atoms with Gasteiger partial charge in [-0.05, 0) is 24.3 Å². The Bertz CT molecular complexity index is 817. The number of hydrogen-bond acceptors (Lipinski definition) is 5. The zero-order valence-electron chi connectivity index (χ0n) is 11.6. The van der Waals surface area contributed by atoms with E-state index >= 15 is 0 Å². The summed E-state index contributed by atoms with van der Waals surface area (Å²) in [5.41, 5.74) is 6.67. The van der Waals surface area contributed by atoms with Crippen molar-refractivity contribution in [2.24, 2.45) is 0 Å². The molecule has 0 aliphatic heterocycles. The van der Waals surface area contributed by atoms with E-state index in [0.717, 1.165) is 17.8 Å². The van der Waals surface area contributed by atoms with Gasteiger partial charge in [0.25, 0.3) is 0 Å². The minimum atomic E-state index is -4.49. The van der Waals surface area contributed by atoms with Crippen LogP contribution in [0, 0.1) is 0 Å². The molecule has 3 aromatic heterocycles. The second-order valence-corrected chi connectivity index (χ2v) is 4.66. The highest BCUT2D eigenvalue weighted by Crippen LogP contribution is 2.30. The van der Waals surface area contributed by atoms with Crippen LogP contribution in [0.15, 0.2) is 49.1 Å². The number of aromatic nitrogens is 4. The van der Waals surface area contributed by atoms with Crippen molar-refractivity contribution in [2.75, 3.05) is 5.73 Å². The Morgan fingerprint density at radius 2 is 1.74 bits per heavy atom. The minimum Gasteiger partial charge on any atom is -0.382 e. The summed E-state index contributed by atoms with van der Waals surface area (Å²) in [6.45, 7) is 0. The summed E-state index contributed by atoms with van der Waals surface area (Å²) in [5.74, 6) is 0.110. The average molecular weight is 317 g/mol. The molecule has 3 rings (SSSR count). The van der Waals surface area contributed by atoms with Gasteiger partial charge in [-0.1, -0.05) is 0 Å². The first kappa shape index (κ1) is 14.9. The number of nitrogens with two attached hydrogens (primary N) is 1. The van der Waals surface area contributed by atoms with Crippen molar-refractivity contribution < 1.29 is 13.2 Å². The van der Waals surface area contributed by atoms with Gasteiger partial charge in [0, 0.05) is 29.7 Å². The second kappa shape index (κ2) is 5.64. The van der Waals surface area contributed by atoms with Crippen LogP contribution in [0.2, 0.25) is 0 Å². The zero-order valence-corrected chi connectivity index (χ0v) is 11.6. The molecule has 0 aliphatic rings. The van der Waals surface area contributed by atoms with Crippen LogP contribution in [0.1, 0.15) is 5.69 Å². The van der Waals surface area contributed by atoms with Gasteiger partial charge in [0.15, 0.2) is 0 Å². The van der Waals surface area contributed by atoms with Crippen LogP contribution >= 0.6 is 0 Å². The number of nitrogen functional groups attached to an aromatic ring is 1. The molecule has 0 bridgehead atoms. The highest BCUT2D eigenvalue weighted by atomic mass is 19.4. The maximum Gasteiger partial charge on any atom is 0.433 e. The molecule has 0 atom stereocenters. The number of rotatable bonds is 2. The molecule has 23 heavy (non-hydrogen) atoms. The molecule has 116 valence electrons. The van der Waals surface area contributed by atoms with E-state index in [9.17, 15) is 13.2 Å². The van der Waals surface area contributed by atoms with Gasteiger partial charge in [-0.2, -0.15) is 13.2 Å². The molecule has 0 spiro atoms. The first-order valence-electron chi connectivity index (χ1n) is 6.51. The maximum absolute atomic E-state index is 12.6. The molecule has 0 saturated heterocycles. The Hall–Kier alpha value is -3.03. The van der Waals surface area contributed by atoms with Gasteiger partial charge >= 0.3 is 6.18 Å². The van der Waals surface area contributed by atoms with Gasteiger partial charge in [0.2, 0.25) is 0 Å². The predicted octanol–water partition coefficient (Wildman–Crippen LogP) is 3.20.